The second-order valence-corrected chi connectivity index (χ2v) is 4.61. The van der Waals surface area contributed by atoms with Crippen molar-refractivity contribution in [1.82, 2.24) is 5.32 Å². The molecule has 0 spiro atoms. The number of aliphatic hydroxyl groups is 1. The van der Waals surface area contributed by atoms with Gasteiger partial charge in [0, 0.05) is 6.42 Å². The number of rotatable bonds is 1. The molecule has 3 heteroatoms. The van der Waals surface area contributed by atoms with Gasteiger partial charge in [-0.05, 0) is 36.6 Å². The Morgan fingerprint density at radius 1 is 1.38 bits per heavy atom. The molecule has 1 aromatic carbocycles. The van der Waals surface area contributed by atoms with Crippen molar-refractivity contribution in [2.24, 2.45) is 0 Å². The molecule has 1 fully saturated rings. The van der Waals surface area contributed by atoms with Crippen molar-refractivity contribution in [3.05, 3.63) is 29.3 Å². The number of ether oxygens (including phenoxy) is 1. The minimum absolute atomic E-state index is 0.0969. The lowest BCUT2D eigenvalue weighted by Gasteiger charge is -2.29. The van der Waals surface area contributed by atoms with Gasteiger partial charge in [-0.15, -0.1) is 0 Å². The molecular weight excluding hydrogens is 202 g/mol. The summed E-state index contributed by atoms with van der Waals surface area (Å²) in [5.41, 5.74) is 2.47. The highest BCUT2D eigenvalue weighted by Gasteiger charge is 2.25. The highest BCUT2D eigenvalue weighted by molar-refractivity contribution is 5.41. The summed E-state index contributed by atoms with van der Waals surface area (Å²) in [5, 5.41) is 13.4. The number of hydrogen-bond acceptors (Lipinski definition) is 3. The fourth-order valence-corrected chi connectivity index (χ4v) is 2.61. The van der Waals surface area contributed by atoms with E-state index in [1.165, 1.54) is 11.1 Å². The Morgan fingerprint density at radius 2 is 2.31 bits per heavy atom. The van der Waals surface area contributed by atoms with Crippen LogP contribution in [0, 0.1) is 0 Å². The number of piperidine rings is 1. The normalized spacial score (nSPS) is 28.6. The molecule has 3 rings (SSSR count). The Kier molecular flexibility index (Phi) is 2.58. The van der Waals surface area contributed by atoms with Gasteiger partial charge >= 0.3 is 0 Å². The maximum absolute atomic E-state index is 9.98. The Hall–Kier alpha value is -1.06. The lowest BCUT2D eigenvalue weighted by molar-refractivity contribution is 0.0965. The topological polar surface area (TPSA) is 41.5 Å². The van der Waals surface area contributed by atoms with Crippen molar-refractivity contribution in [2.75, 3.05) is 13.2 Å². The average Bonchev–Trinajstić information content (AvgIpc) is 2.76. The smallest absolute Gasteiger partial charge is 0.122 e. The van der Waals surface area contributed by atoms with Crippen molar-refractivity contribution in [1.29, 1.82) is 0 Å². The summed E-state index contributed by atoms with van der Waals surface area (Å²) in [6, 6.07) is 6.37. The third-order valence-electron chi connectivity index (χ3n) is 3.50. The average molecular weight is 219 g/mol. The zero-order chi connectivity index (χ0) is 11.0. The Balaban J connectivity index is 1.88. The van der Waals surface area contributed by atoms with E-state index >= 15 is 0 Å². The van der Waals surface area contributed by atoms with Crippen LogP contribution in [0.2, 0.25) is 0 Å². The predicted molar refractivity (Wildman–Crippen MR) is 61.6 cm³/mol. The quantitative estimate of drug-likeness (QED) is 0.750. The van der Waals surface area contributed by atoms with Crippen LogP contribution < -0.4 is 10.1 Å². The van der Waals surface area contributed by atoms with E-state index in [9.17, 15) is 5.11 Å². The number of nitrogens with one attached hydrogen (secondary N) is 1. The van der Waals surface area contributed by atoms with Gasteiger partial charge in [0.15, 0.2) is 0 Å². The van der Waals surface area contributed by atoms with Crippen LogP contribution in [0.3, 0.4) is 0 Å². The van der Waals surface area contributed by atoms with E-state index in [2.05, 4.69) is 17.4 Å². The zero-order valence-electron chi connectivity index (χ0n) is 9.28. The van der Waals surface area contributed by atoms with Crippen LogP contribution in [0.5, 0.6) is 5.75 Å². The third-order valence-corrected chi connectivity index (χ3v) is 3.50. The molecule has 0 aromatic heterocycles. The summed E-state index contributed by atoms with van der Waals surface area (Å²) in [5.74, 6) is 1.01. The van der Waals surface area contributed by atoms with E-state index in [4.69, 9.17) is 4.74 Å². The summed E-state index contributed by atoms with van der Waals surface area (Å²) in [6.45, 7) is 1.79. The molecule has 2 N–H and O–H groups in total. The molecule has 86 valence electrons. The molecule has 2 aliphatic rings. The van der Waals surface area contributed by atoms with Crippen molar-refractivity contribution in [3.63, 3.8) is 0 Å². The molecule has 2 heterocycles. The number of fused-ring (bicyclic) bond motifs is 1. The maximum Gasteiger partial charge on any atom is 0.122 e. The largest absolute Gasteiger partial charge is 0.493 e. The maximum atomic E-state index is 9.98. The summed E-state index contributed by atoms with van der Waals surface area (Å²) in [7, 11) is 0. The molecule has 2 unspecified atom stereocenters. The SMILES string of the molecule is OC1CCCNC1c1ccc2c(c1)CCO2. The van der Waals surface area contributed by atoms with Gasteiger partial charge in [-0.3, -0.25) is 0 Å². The Morgan fingerprint density at radius 3 is 3.19 bits per heavy atom. The summed E-state index contributed by atoms with van der Waals surface area (Å²) in [6.07, 6.45) is 2.69. The summed E-state index contributed by atoms with van der Waals surface area (Å²) >= 11 is 0. The van der Waals surface area contributed by atoms with E-state index in [1.807, 2.05) is 6.07 Å². The number of hydrogen-bond donors (Lipinski definition) is 2. The standard InChI is InChI=1S/C13H17NO2/c15-11-2-1-6-14-13(11)10-3-4-12-9(8-10)5-7-16-12/h3-4,8,11,13-15H,1-2,5-7H2. The molecule has 1 aromatic rings. The molecule has 0 radical (unpaired) electrons. The van der Waals surface area contributed by atoms with Crippen molar-refractivity contribution < 1.29 is 9.84 Å². The van der Waals surface area contributed by atoms with Crippen LogP contribution in [-0.2, 0) is 6.42 Å². The van der Waals surface area contributed by atoms with Crippen LogP contribution in [-0.4, -0.2) is 24.4 Å². The van der Waals surface area contributed by atoms with Crippen LogP contribution in [0.15, 0.2) is 18.2 Å². The first-order valence-electron chi connectivity index (χ1n) is 6.02. The lowest BCUT2D eigenvalue weighted by atomic mass is 9.93. The molecule has 1 saturated heterocycles. The minimum Gasteiger partial charge on any atom is -0.493 e. The van der Waals surface area contributed by atoms with Crippen LogP contribution in [0.4, 0.5) is 0 Å². The first kappa shape index (κ1) is 10.1. The van der Waals surface area contributed by atoms with Crippen molar-refractivity contribution in [3.8, 4) is 5.75 Å². The van der Waals surface area contributed by atoms with Crippen LogP contribution in [0.25, 0.3) is 0 Å². The first-order valence-corrected chi connectivity index (χ1v) is 6.02. The molecular formula is C13H17NO2. The third kappa shape index (κ3) is 1.70. The highest BCUT2D eigenvalue weighted by Crippen LogP contribution is 2.30. The molecule has 0 amide bonds. The van der Waals surface area contributed by atoms with Crippen molar-refractivity contribution in [2.45, 2.75) is 31.4 Å². The summed E-state index contributed by atoms with van der Waals surface area (Å²) in [4.78, 5) is 0. The first-order chi connectivity index (χ1) is 7.84. The molecule has 0 saturated carbocycles. The second kappa shape index (κ2) is 4.07. The van der Waals surface area contributed by atoms with Gasteiger partial charge < -0.3 is 15.2 Å². The highest BCUT2D eigenvalue weighted by atomic mass is 16.5. The van der Waals surface area contributed by atoms with Gasteiger partial charge in [-0.2, -0.15) is 0 Å². The predicted octanol–water partition coefficient (Wildman–Crippen LogP) is 1.41. The van der Waals surface area contributed by atoms with Gasteiger partial charge in [0.05, 0.1) is 18.8 Å². The second-order valence-electron chi connectivity index (χ2n) is 4.61. The van der Waals surface area contributed by atoms with Gasteiger partial charge in [0.25, 0.3) is 0 Å². The van der Waals surface area contributed by atoms with Crippen molar-refractivity contribution >= 4 is 0 Å². The molecule has 16 heavy (non-hydrogen) atoms. The van der Waals surface area contributed by atoms with Gasteiger partial charge in [0.1, 0.15) is 5.75 Å². The van der Waals surface area contributed by atoms with Gasteiger partial charge in [0.2, 0.25) is 0 Å². The van der Waals surface area contributed by atoms with E-state index in [0.717, 1.165) is 38.2 Å². The monoisotopic (exact) mass is 219 g/mol. The Labute approximate surface area is 95.4 Å². The summed E-state index contributed by atoms with van der Waals surface area (Å²) < 4.78 is 5.48. The number of aliphatic hydroxyl groups excluding tert-OH is 1. The lowest BCUT2D eigenvalue weighted by Crippen LogP contribution is -2.37. The molecule has 2 aliphatic heterocycles. The van der Waals surface area contributed by atoms with Gasteiger partial charge in [-0.25, -0.2) is 0 Å². The van der Waals surface area contributed by atoms with Gasteiger partial charge in [-0.1, -0.05) is 12.1 Å². The molecule has 0 bridgehead atoms. The molecule has 3 nitrogen and oxygen atoms in total. The van der Waals surface area contributed by atoms with E-state index in [1.54, 1.807) is 0 Å². The van der Waals surface area contributed by atoms with E-state index in [-0.39, 0.29) is 12.1 Å². The molecule has 2 atom stereocenters. The number of benzene rings is 1. The minimum atomic E-state index is -0.255. The fourth-order valence-electron chi connectivity index (χ4n) is 2.61. The fraction of sp³-hybridized carbons (Fsp3) is 0.538. The van der Waals surface area contributed by atoms with Crippen LogP contribution >= 0.6 is 0 Å². The molecule has 0 aliphatic carbocycles. The van der Waals surface area contributed by atoms with Crippen LogP contribution in [0.1, 0.15) is 30.0 Å². The van der Waals surface area contributed by atoms with E-state index in [0.29, 0.717) is 0 Å². The Bertz CT molecular complexity index is 392. The zero-order valence-corrected chi connectivity index (χ0v) is 9.28. The van der Waals surface area contributed by atoms with E-state index < -0.39 is 0 Å².